The highest BCUT2D eigenvalue weighted by Gasteiger charge is 2.22. The molecular formula is C13H10N2O2S. The highest BCUT2D eigenvalue weighted by molar-refractivity contribution is 7.91. The van der Waals surface area contributed by atoms with Gasteiger partial charge in [0.15, 0.2) is 5.69 Å². The van der Waals surface area contributed by atoms with Crippen LogP contribution in [0.3, 0.4) is 0 Å². The van der Waals surface area contributed by atoms with Crippen molar-refractivity contribution < 1.29 is 8.42 Å². The van der Waals surface area contributed by atoms with E-state index in [1.165, 1.54) is 24.4 Å². The van der Waals surface area contributed by atoms with Crippen LogP contribution in [0.25, 0.3) is 0 Å². The topological polar surface area (TPSA) is 70.8 Å². The fourth-order valence-electron chi connectivity index (χ4n) is 1.56. The third-order valence-electron chi connectivity index (χ3n) is 2.44. The minimum atomic E-state index is -3.69. The minimum absolute atomic E-state index is 0.0452. The molecule has 0 aliphatic carbocycles. The Morgan fingerprint density at radius 1 is 1.22 bits per heavy atom. The molecule has 0 N–H and O–H groups in total. The zero-order chi connectivity index (χ0) is 13.2. The molecule has 0 saturated carbocycles. The molecule has 0 radical (unpaired) electrons. The number of aromatic nitrogens is 1. The summed E-state index contributed by atoms with van der Waals surface area (Å²) in [5.41, 5.74) is 0.618. The number of sulfone groups is 1. The normalized spacial score (nSPS) is 10.9. The predicted molar refractivity (Wildman–Crippen MR) is 65.6 cm³/mol. The molecule has 1 aromatic heterocycles. The van der Waals surface area contributed by atoms with Crippen molar-refractivity contribution in [1.82, 2.24) is 4.98 Å². The molecule has 1 heterocycles. The Bertz CT molecular complexity index is 716. The quantitative estimate of drug-likeness (QED) is 0.827. The number of pyridine rings is 1. The standard InChI is InChI=1S/C13H10N2O2S/c1-10-7-13(12(8-14)15-9-10)18(16,17)11-5-3-2-4-6-11/h2-7,9H,1H3. The maximum atomic E-state index is 12.4. The Kier molecular flexibility index (Phi) is 3.13. The van der Waals surface area contributed by atoms with Gasteiger partial charge in [0.1, 0.15) is 11.0 Å². The van der Waals surface area contributed by atoms with Gasteiger partial charge in [-0.2, -0.15) is 5.26 Å². The second-order valence-electron chi connectivity index (χ2n) is 3.79. The lowest BCUT2D eigenvalue weighted by Gasteiger charge is -2.06. The predicted octanol–water partition coefficient (Wildman–Crippen LogP) is 2.09. The van der Waals surface area contributed by atoms with Crippen LogP contribution in [0.5, 0.6) is 0 Å². The number of nitrogens with zero attached hydrogens (tertiary/aromatic N) is 2. The van der Waals surface area contributed by atoms with Crippen molar-refractivity contribution in [1.29, 1.82) is 5.26 Å². The maximum absolute atomic E-state index is 12.4. The summed E-state index contributed by atoms with van der Waals surface area (Å²) < 4.78 is 24.7. The van der Waals surface area contributed by atoms with Gasteiger partial charge >= 0.3 is 0 Å². The molecule has 0 amide bonds. The number of benzene rings is 1. The van der Waals surface area contributed by atoms with Crippen molar-refractivity contribution in [2.45, 2.75) is 16.7 Å². The number of hydrogen-bond donors (Lipinski definition) is 0. The molecule has 0 unspecified atom stereocenters. The van der Waals surface area contributed by atoms with Gasteiger partial charge < -0.3 is 0 Å². The Hall–Kier alpha value is -2.19. The molecule has 0 aliphatic rings. The van der Waals surface area contributed by atoms with Crippen LogP contribution in [-0.4, -0.2) is 13.4 Å². The van der Waals surface area contributed by atoms with Crippen molar-refractivity contribution >= 4 is 9.84 Å². The molecule has 0 bridgehead atoms. The van der Waals surface area contributed by atoms with Gasteiger partial charge in [0.05, 0.1) is 4.90 Å². The molecule has 0 fully saturated rings. The Balaban J connectivity index is 2.70. The van der Waals surface area contributed by atoms with Crippen LogP contribution in [0.1, 0.15) is 11.3 Å². The van der Waals surface area contributed by atoms with Crippen LogP contribution in [0.4, 0.5) is 0 Å². The third kappa shape index (κ3) is 2.11. The summed E-state index contributed by atoms with van der Waals surface area (Å²) in [6.07, 6.45) is 1.47. The summed E-state index contributed by atoms with van der Waals surface area (Å²) in [6.45, 7) is 1.73. The van der Waals surface area contributed by atoms with Crippen molar-refractivity contribution in [3.63, 3.8) is 0 Å². The van der Waals surface area contributed by atoms with Gasteiger partial charge in [-0.3, -0.25) is 0 Å². The molecule has 5 heteroatoms. The zero-order valence-corrected chi connectivity index (χ0v) is 10.5. The smallest absolute Gasteiger partial charge is 0.209 e. The first-order valence-corrected chi connectivity index (χ1v) is 6.71. The maximum Gasteiger partial charge on any atom is 0.209 e. The van der Waals surface area contributed by atoms with Gasteiger partial charge in [-0.15, -0.1) is 0 Å². The fourth-order valence-corrected chi connectivity index (χ4v) is 3.02. The van der Waals surface area contributed by atoms with E-state index < -0.39 is 9.84 Å². The van der Waals surface area contributed by atoms with Gasteiger partial charge in [0.25, 0.3) is 0 Å². The van der Waals surface area contributed by atoms with Crippen LogP contribution in [0.15, 0.2) is 52.4 Å². The van der Waals surface area contributed by atoms with Crippen molar-refractivity contribution in [2.24, 2.45) is 0 Å². The average Bonchev–Trinajstić information content (AvgIpc) is 2.39. The highest BCUT2D eigenvalue weighted by Crippen LogP contribution is 2.23. The summed E-state index contributed by atoms with van der Waals surface area (Å²) in [6, 6.07) is 11.3. The number of rotatable bonds is 2. The molecule has 0 atom stereocenters. The lowest BCUT2D eigenvalue weighted by molar-refractivity contribution is 0.595. The number of nitriles is 1. The first kappa shape index (κ1) is 12.3. The van der Waals surface area contributed by atoms with Crippen molar-refractivity contribution in [2.75, 3.05) is 0 Å². The second-order valence-corrected chi connectivity index (χ2v) is 5.71. The largest absolute Gasteiger partial charge is 0.244 e. The summed E-state index contributed by atoms with van der Waals surface area (Å²) >= 11 is 0. The average molecular weight is 258 g/mol. The van der Waals surface area contributed by atoms with E-state index in [2.05, 4.69) is 4.98 Å². The molecule has 90 valence electrons. The van der Waals surface area contributed by atoms with E-state index in [4.69, 9.17) is 5.26 Å². The minimum Gasteiger partial charge on any atom is -0.244 e. The Morgan fingerprint density at radius 3 is 2.50 bits per heavy atom. The van der Waals surface area contributed by atoms with Gasteiger partial charge in [0, 0.05) is 6.20 Å². The molecular weight excluding hydrogens is 248 g/mol. The molecule has 0 saturated heterocycles. The molecule has 4 nitrogen and oxygen atoms in total. The summed E-state index contributed by atoms with van der Waals surface area (Å²) in [5.74, 6) is 0. The van der Waals surface area contributed by atoms with Crippen LogP contribution < -0.4 is 0 Å². The van der Waals surface area contributed by atoms with E-state index in [1.807, 2.05) is 6.07 Å². The van der Waals surface area contributed by atoms with Crippen molar-refractivity contribution in [3.8, 4) is 6.07 Å². The first-order valence-electron chi connectivity index (χ1n) is 5.22. The molecule has 0 aliphatic heterocycles. The molecule has 0 spiro atoms. The fraction of sp³-hybridized carbons (Fsp3) is 0.0769. The lowest BCUT2D eigenvalue weighted by Crippen LogP contribution is -2.06. The van der Waals surface area contributed by atoms with E-state index in [0.29, 0.717) is 5.56 Å². The highest BCUT2D eigenvalue weighted by atomic mass is 32.2. The van der Waals surface area contributed by atoms with Crippen LogP contribution in [0, 0.1) is 18.3 Å². The van der Waals surface area contributed by atoms with E-state index in [1.54, 1.807) is 25.1 Å². The van der Waals surface area contributed by atoms with Gasteiger partial charge in [0.2, 0.25) is 9.84 Å². The molecule has 1 aromatic carbocycles. The van der Waals surface area contributed by atoms with Gasteiger partial charge in [-0.25, -0.2) is 13.4 Å². The van der Waals surface area contributed by atoms with E-state index >= 15 is 0 Å². The Morgan fingerprint density at radius 2 is 1.89 bits per heavy atom. The van der Waals surface area contributed by atoms with Gasteiger partial charge in [-0.05, 0) is 30.7 Å². The summed E-state index contributed by atoms with van der Waals surface area (Å²) in [7, 11) is -3.69. The second kappa shape index (κ2) is 4.59. The number of aryl methyl sites for hydroxylation is 1. The van der Waals surface area contributed by atoms with Crippen molar-refractivity contribution in [3.05, 3.63) is 53.9 Å². The summed E-state index contributed by atoms with van der Waals surface area (Å²) in [5, 5.41) is 8.94. The van der Waals surface area contributed by atoms with Gasteiger partial charge in [-0.1, -0.05) is 18.2 Å². The monoisotopic (exact) mass is 258 g/mol. The van der Waals surface area contributed by atoms with Crippen LogP contribution in [0.2, 0.25) is 0 Å². The SMILES string of the molecule is Cc1cnc(C#N)c(S(=O)(=O)c2ccccc2)c1. The van der Waals surface area contributed by atoms with E-state index in [9.17, 15) is 8.42 Å². The number of hydrogen-bond acceptors (Lipinski definition) is 4. The van der Waals surface area contributed by atoms with E-state index in [0.717, 1.165) is 0 Å². The zero-order valence-electron chi connectivity index (χ0n) is 9.66. The van der Waals surface area contributed by atoms with Crippen LogP contribution in [-0.2, 0) is 9.84 Å². The summed E-state index contributed by atoms with van der Waals surface area (Å²) in [4.78, 5) is 3.96. The molecule has 2 aromatic rings. The van der Waals surface area contributed by atoms with E-state index in [-0.39, 0.29) is 15.5 Å². The molecule has 2 rings (SSSR count). The van der Waals surface area contributed by atoms with Crippen LogP contribution >= 0.6 is 0 Å². The third-order valence-corrected chi connectivity index (χ3v) is 4.22. The molecule has 18 heavy (non-hydrogen) atoms. The lowest BCUT2D eigenvalue weighted by atomic mass is 10.3. The first-order chi connectivity index (χ1) is 8.55. The Labute approximate surface area is 105 Å².